The second-order valence-corrected chi connectivity index (χ2v) is 8.78. The standard InChI is InChI=1S/C20H22FNO4S/c1-2-26-17-9-7-15(8-10-17)13-22(16-11-12-27(24,25)14-16)20(23)18-5-3-4-6-19(18)21/h3-10,16H,2,11-14H2,1H3/t16-/m1/s1. The Morgan fingerprint density at radius 1 is 1.19 bits per heavy atom. The van der Waals surface area contributed by atoms with Gasteiger partial charge in [-0.05, 0) is 43.2 Å². The summed E-state index contributed by atoms with van der Waals surface area (Å²) in [6.07, 6.45) is 0.361. The molecule has 0 aromatic heterocycles. The molecule has 2 aromatic rings. The van der Waals surface area contributed by atoms with Crippen molar-refractivity contribution in [2.75, 3.05) is 18.1 Å². The maximum atomic E-state index is 14.1. The van der Waals surface area contributed by atoms with Gasteiger partial charge in [0.2, 0.25) is 0 Å². The third kappa shape index (κ3) is 4.66. The Labute approximate surface area is 158 Å². The van der Waals surface area contributed by atoms with Gasteiger partial charge in [-0.3, -0.25) is 4.79 Å². The first-order valence-electron chi connectivity index (χ1n) is 8.87. The number of sulfone groups is 1. The van der Waals surface area contributed by atoms with Crippen molar-refractivity contribution in [2.24, 2.45) is 0 Å². The van der Waals surface area contributed by atoms with Gasteiger partial charge in [0.25, 0.3) is 5.91 Å². The molecule has 1 heterocycles. The van der Waals surface area contributed by atoms with Crippen LogP contribution in [0, 0.1) is 5.82 Å². The first-order valence-corrected chi connectivity index (χ1v) is 10.7. The lowest BCUT2D eigenvalue weighted by Gasteiger charge is -2.28. The van der Waals surface area contributed by atoms with Gasteiger partial charge in [-0.1, -0.05) is 24.3 Å². The molecule has 1 amide bonds. The maximum Gasteiger partial charge on any atom is 0.257 e. The van der Waals surface area contributed by atoms with Crippen LogP contribution in [0.15, 0.2) is 48.5 Å². The molecule has 3 rings (SSSR count). The van der Waals surface area contributed by atoms with E-state index in [2.05, 4.69) is 0 Å². The quantitative estimate of drug-likeness (QED) is 0.759. The Hall–Kier alpha value is -2.41. The van der Waals surface area contributed by atoms with Gasteiger partial charge in [0.15, 0.2) is 9.84 Å². The van der Waals surface area contributed by atoms with Crippen LogP contribution in [0.5, 0.6) is 5.75 Å². The lowest BCUT2D eigenvalue weighted by molar-refractivity contribution is 0.0676. The molecule has 0 saturated carbocycles. The molecule has 0 spiro atoms. The van der Waals surface area contributed by atoms with Crippen LogP contribution < -0.4 is 4.74 Å². The maximum absolute atomic E-state index is 14.1. The van der Waals surface area contributed by atoms with E-state index < -0.39 is 27.6 Å². The van der Waals surface area contributed by atoms with Crippen molar-refractivity contribution in [1.29, 1.82) is 0 Å². The third-order valence-corrected chi connectivity index (χ3v) is 6.35. The molecule has 144 valence electrons. The van der Waals surface area contributed by atoms with Crippen molar-refractivity contribution in [3.8, 4) is 5.75 Å². The van der Waals surface area contributed by atoms with E-state index in [1.807, 2.05) is 19.1 Å². The smallest absolute Gasteiger partial charge is 0.257 e. The zero-order valence-electron chi connectivity index (χ0n) is 15.1. The monoisotopic (exact) mass is 391 g/mol. The van der Waals surface area contributed by atoms with Crippen LogP contribution >= 0.6 is 0 Å². The van der Waals surface area contributed by atoms with Gasteiger partial charge < -0.3 is 9.64 Å². The van der Waals surface area contributed by atoms with Gasteiger partial charge in [0, 0.05) is 12.6 Å². The van der Waals surface area contributed by atoms with Crippen molar-refractivity contribution < 1.29 is 22.3 Å². The van der Waals surface area contributed by atoms with E-state index in [0.717, 1.165) is 11.3 Å². The lowest BCUT2D eigenvalue weighted by atomic mass is 10.1. The predicted octanol–water partition coefficient (Wildman–Crippen LogP) is 3.05. The number of halogens is 1. The van der Waals surface area contributed by atoms with Crippen LogP contribution in [0.2, 0.25) is 0 Å². The van der Waals surface area contributed by atoms with Gasteiger partial charge in [0.1, 0.15) is 11.6 Å². The Balaban J connectivity index is 1.88. The highest BCUT2D eigenvalue weighted by molar-refractivity contribution is 7.91. The highest BCUT2D eigenvalue weighted by atomic mass is 32.2. The highest BCUT2D eigenvalue weighted by Crippen LogP contribution is 2.24. The summed E-state index contributed by atoms with van der Waals surface area (Å²) in [5.41, 5.74) is 0.778. The Bertz CT molecular complexity index is 912. The van der Waals surface area contributed by atoms with Crippen LogP contribution in [-0.4, -0.2) is 43.4 Å². The van der Waals surface area contributed by atoms with Gasteiger partial charge >= 0.3 is 0 Å². The fourth-order valence-electron chi connectivity index (χ4n) is 3.23. The summed E-state index contributed by atoms with van der Waals surface area (Å²) < 4.78 is 43.4. The third-order valence-electron chi connectivity index (χ3n) is 4.60. The number of rotatable bonds is 6. The summed E-state index contributed by atoms with van der Waals surface area (Å²) in [5, 5.41) is 0. The molecule has 7 heteroatoms. The number of benzene rings is 2. The average Bonchev–Trinajstić information content (AvgIpc) is 3.01. The molecule has 1 fully saturated rings. The molecule has 27 heavy (non-hydrogen) atoms. The number of carbonyl (C=O) groups is 1. The van der Waals surface area contributed by atoms with Crippen LogP contribution in [0.1, 0.15) is 29.3 Å². The Morgan fingerprint density at radius 3 is 2.48 bits per heavy atom. The summed E-state index contributed by atoms with van der Waals surface area (Å²) in [6.45, 7) is 2.65. The van der Waals surface area contributed by atoms with Crippen LogP contribution in [0.3, 0.4) is 0 Å². The number of hydrogen-bond acceptors (Lipinski definition) is 4. The molecule has 0 unspecified atom stereocenters. The molecular weight excluding hydrogens is 369 g/mol. The molecular formula is C20H22FNO4S. The van der Waals surface area contributed by atoms with Crippen LogP contribution in [0.4, 0.5) is 4.39 Å². The molecule has 0 radical (unpaired) electrons. The van der Waals surface area contributed by atoms with Crippen molar-refractivity contribution in [3.05, 3.63) is 65.5 Å². The average molecular weight is 391 g/mol. The van der Waals surface area contributed by atoms with Gasteiger partial charge in [-0.2, -0.15) is 0 Å². The highest BCUT2D eigenvalue weighted by Gasteiger charge is 2.35. The van der Waals surface area contributed by atoms with E-state index >= 15 is 0 Å². The summed E-state index contributed by atoms with van der Waals surface area (Å²) >= 11 is 0. The molecule has 1 saturated heterocycles. The second-order valence-electron chi connectivity index (χ2n) is 6.55. The van der Waals surface area contributed by atoms with Crippen molar-refractivity contribution in [3.63, 3.8) is 0 Å². The van der Waals surface area contributed by atoms with Gasteiger partial charge in [0.05, 0.1) is 23.7 Å². The molecule has 1 aliphatic heterocycles. The van der Waals surface area contributed by atoms with Gasteiger partial charge in [-0.25, -0.2) is 12.8 Å². The van der Waals surface area contributed by atoms with E-state index in [1.54, 1.807) is 18.2 Å². The largest absolute Gasteiger partial charge is 0.494 e. The minimum absolute atomic E-state index is 0.0436. The SMILES string of the molecule is CCOc1ccc(CN(C(=O)c2ccccc2F)[C@@H]2CCS(=O)(=O)C2)cc1. The minimum atomic E-state index is -3.18. The molecule has 1 aliphatic rings. The summed E-state index contributed by atoms with van der Waals surface area (Å²) in [5.74, 6) is -0.438. The topological polar surface area (TPSA) is 63.7 Å². The van der Waals surface area contributed by atoms with E-state index in [0.29, 0.717) is 13.0 Å². The van der Waals surface area contributed by atoms with E-state index in [-0.39, 0.29) is 23.6 Å². The number of ether oxygens (including phenoxy) is 1. The number of amides is 1. The second kappa shape index (κ2) is 8.08. The normalized spacial score (nSPS) is 18.2. The fourth-order valence-corrected chi connectivity index (χ4v) is 4.96. The van der Waals surface area contributed by atoms with Gasteiger partial charge in [-0.15, -0.1) is 0 Å². The van der Waals surface area contributed by atoms with E-state index in [9.17, 15) is 17.6 Å². The van der Waals surface area contributed by atoms with Crippen LogP contribution in [-0.2, 0) is 16.4 Å². The Kier molecular flexibility index (Phi) is 5.79. The zero-order chi connectivity index (χ0) is 19.4. The van der Waals surface area contributed by atoms with Crippen molar-refractivity contribution in [2.45, 2.75) is 25.9 Å². The molecule has 0 aliphatic carbocycles. The molecule has 0 N–H and O–H groups in total. The van der Waals surface area contributed by atoms with Crippen molar-refractivity contribution >= 4 is 15.7 Å². The van der Waals surface area contributed by atoms with Crippen LogP contribution in [0.25, 0.3) is 0 Å². The summed E-state index contributed by atoms with van der Waals surface area (Å²) in [7, 11) is -3.18. The molecule has 1 atom stereocenters. The first kappa shape index (κ1) is 19.4. The molecule has 2 aromatic carbocycles. The fraction of sp³-hybridized carbons (Fsp3) is 0.350. The molecule has 5 nitrogen and oxygen atoms in total. The first-order chi connectivity index (χ1) is 12.9. The summed E-state index contributed by atoms with van der Waals surface area (Å²) in [6, 6.07) is 12.6. The zero-order valence-corrected chi connectivity index (χ0v) is 15.9. The number of nitrogens with zero attached hydrogens (tertiary/aromatic N) is 1. The van der Waals surface area contributed by atoms with Crippen molar-refractivity contribution in [1.82, 2.24) is 4.90 Å². The minimum Gasteiger partial charge on any atom is -0.494 e. The Morgan fingerprint density at radius 2 is 1.89 bits per heavy atom. The van der Waals surface area contributed by atoms with E-state index in [1.165, 1.54) is 23.1 Å². The summed E-state index contributed by atoms with van der Waals surface area (Å²) in [4.78, 5) is 14.5. The predicted molar refractivity (Wildman–Crippen MR) is 101 cm³/mol. The molecule has 0 bridgehead atoms. The number of hydrogen-bond donors (Lipinski definition) is 0. The van der Waals surface area contributed by atoms with E-state index in [4.69, 9.17) is 4.74 Å². The lowest BCUT2D eigenvalue weighted by Crippen LogP contribution is -2.41. The number of carbonyl (C=O) groups excluding carboxylic acids is 1.